The third kappa shape index (κ3) is 4.05. The summed E-state index contributed by atoms with van der Waals surface area (Å²) in [4.78, 5) is 35.6. The molecule has 8 nitrogen and oxygen atoms in total. The summed E-state index contributed by atoms with van der Waals surface area (Å²) >= 11 is 0. The summed E-state index contributed by atoms with van der Waals surface area (Å²) in [5.41, 5.74) is 0.969. The Morgan fingerprint density at radius 2 is 1.82 bits per heavy atom. The first-order valence-corrected chi connectivity index (χ1v) is 9.12. The van der Waals surface area contributed by atoms with Crippen molar-refractivity contribution < 1.29 is 19.1 Å². The number of nitrogens with zero attached hydrogens (tertiary/aromatic N) is 3. The molecule has 1 amide bonds. The van der Waals surface area contributed by atoms with E-state index in [-0.39, 0.29) is 17.6 Å². The molecule has 1 saturated heterocycles. The molecule has 1 aliphatic heterocycles. The number of carbonyl (C=O) groups is 2. The standard InChI is InChI=1S/C20H24N4O4/c1-21-20-22-10-15(11-23-20)19(26)24-8-4-5-14(12-24)18(25)13-6-7-16(27-2)17(9-13)28-3/h6-7,9-11,14H,4-5,8,12H2,1-3H3,(H,21,22,23)/t14-/m0/s1. The molecule has 0 saturated carbocycles. The van der Waals surface area contributed by atoms with Crippen LogP contribution in [0.3, 0.4) is 0 Å². The number of Topliss-reactive ketones (excluding diaryl/α,β-unsaturated/α-hetero) is 1. The van der Waals surface area contributed by atoms with Gasteiger partial charge in [0.1, 0.15) is 0 Å². The molecule has 3 rings (SSSR count). The number of ketones is 1. The highest BCUT2D eigenvalue weighted by molar-refractivity contribution is 5.99. The van der Waals surface area contributed by atoms with Crippen LogP contribution in [0.1, 0.15) is 33.6 Å². The fourth-order valence-electron chi connectivity index (χ4n) is 3.35. The fraction of sp³-hybridized carbons (Fsp3) is 0.400. The van der Waals surface area contributed by atoms with Gasteiger partial charge in [-0.25, -0.2) is 9.97 Å². The maximum atomic E-state index is 13.0. The van der Waals surface area contributed by atoms with Gasteiger partial charge < -0.3 is 19.7 Å². The number of anilines is 1. The van der Waals surface area contributed by atoms with Crippen LogP contribution in [0.5, 0.6) is 11.5 Å². The average Bonchev–Trinajstić information content (AvgIpc) is 2.77. The highest BCUT2D eigenvalue weighted by atomic mass is 16.5. The van der Waals surface area contributed by atoms with Gasteiger partial charge in [0, 0.05) is 44.0 Å². The van der Waals surface area contributed by atoms with E-state index in [1.807, 2.05) is 0 Å². The Labute approximate surface area is 163 Å². The largest absolute Gasteiger partial charge is 0.493 e. The van der Waals surface area contributed by atoms with Crippen molar-refractivity contribution in [2.24, 2.45) is 5.92 Å². The first-order valence-electron chi connectivity index (χ1n) is 9.12. The summed E-state index contributed by atoms with van der Waals surface area (Å²) in [6, 6.07) is 5.14. The van der Waals surface area contributed by atoms with E-state index in [0.29, 0.717) is 41.7 Å². The molecule has 0 aliphatic carbocycles. The van der Waals surface area contributed by atoms with Crippen LogP contribution in [0.4, 0.5) is 5.95 Å². The minimum absolute atomic E-state index is 0.000217. The SMILES string of the molecule is CNc1ncc(C(=O)N2CCC[C@H](C(=O)c3ccc(OC)c(OC)c3)C2)cn1. The first kappa shape index (κ1) is 19.6. The molecule has 8 heteroatoms. The quantitative estimate of drug-likeness (QED) is 0.764. The number of piperidine rings is 1. The van der Waals surface area contributed by atoms with Crippen molar-refractivity contribution in [3.05, 3.63) is 41.7 Å². The van der Waals surface area contributed by atoms with Crippen molar-refractivity contribution in [3.8, 4) is 11.5 Å². The van der Waals surface area contributed by atoms with Gasteiger partial charge in [-0.1, -0.05) is 0 Å². The Morgan fingerprint density at radius 1 is 1.11 bits per heavy atom. The van der Waals surface area contributed by atoms with Crippen LogP contribution in [0, 0.1) is 5.92 Å². The Morgan fingerprint density at radius 3 is 2.46 bits per heavy atom. The Hall–Kier alpha value is -3.16. The number of hydrogen-bond acceptors (Lipinski definition) is 7. The van der Waals surface area contributed by atoms with Gasteiger partial charge in [-0.3, -0.25) is 9.59 Å². The minimum Gasteiger partial charge on any atom is -0.493 e. The van der Waals surface area contributed by atoms with Crippen molar-refractivity contribution in [2.75, 3.05) is 39.7 Å². The Bertz CT molecular complexity index is 854. The lowest BCUT2D eigenvalue weighted by molar-refractivity contribution is 0.0636. The van der Waals surface area contributed by atoms with Gasteiger partial charge in [-0.05, 0) is 31.0 Å². The second kappa shape index (κ2) is 8.69. The van der Waals surface area contributed by atoms with E-state index in [2.05, 4.69) is 15.3 Å². The van der Waals surface area contributed by atoms with Crippen molar-refractivity contribution in [3.63, 3.8) is 0 Å². The third-order valence-corrected chi connectivity index (χ3v) is 4.87. The summed E-state index contributed by atoms with van der Waals surface area (Å²) in [7, 11) is 4.80. The Kier molecular flexibility index (Phi) is 6.08. The number of aromatic nitrogens is 2. The molecule has 1 aromatic heterocycles. The normalized spacial score (nSPS) is 16.4. The van der Waals surface area contributed by atoms with E-state index < -0.39 is 0 Å². The zero-order chi connectivity index (χ0) is 20.1. The maximum Gasteiger partial charge on any atom is 0.257 e. The molecule has 0 spiro atoms. The topological polar surface area (TPSA) is 93.7 Å². The van der Waals surface area contributed by atoms with Crippen LogP contribution in [-0.4, -0.2) is 60.9 Å². The highest BCUT2D eigenvalue weighted by Gasteiger charge is 2.30. The van der Waals surface area contributed by atoms with E-state index in [1.54, 1.807) is 37.3 Å². The second-order valence-electron chi connectivity index (χ2n) is 6.57. The van der Waals surface area contributed by atoms with Gasteiger partial charge in [-0.15, -0.1) is 0 Å². The zero-order valence-electron chi connectivity index (χ0n) is 16.3. The lowest BCUT2D eigenvalue weighted by atomic mass is 9.89. The third-order valence-electron chi connectivity index (χ3n) is 4.87. The van der Waals surface area contributed by atoms with Crippen molar-refractivity contribution in [2.45, 2.75) is 12.8 Å². The van der Waals surface area contributed by atoms with Crippen molar-refractivity contribution >= 4 is 17.6 Å². The fourth-order valence-corrected chi connectivity index (χ4v) is 3.35. The van der Waals surface area contributed by atoms with Crippen LogP contribution in [0.15, 0.2) is 30.6 Å². The molecule has 148 valence electrons. The molecule has 1 atom stereocenters. The van der Waals surface area contributed by atoms with E-state index in [1.165, 1.54) is 19.5 Å². The highest BCUT2D eigenvalue weighted by Crippen LogP contribution is 2.30. The molecule has 0 radical (unpaired) electrons. The summed E-state index contributed by atoms with van der Waals surface area (Å²) < 4.78 is 10.5. The van der Waals surface area contributed by atoms with Crippen LogP contribution >= 0.6 is 0 Å². The van der Waals surface area contributed by atoms with Gasteiger partial charge in [-0.2, -0.15) is 0 Å². The summed E-state index contributed by atoms with van der Waals surface area (Å²) in [6.07, 6.45) is 4.51. The molecule has 2 aromatic rings. The van der Waals surface area contributed by atoms with E-state index in [9.17, 15) is 9.59 Å². The number of hydrogen-bond donors (Lipinski definition) is 1. The number of amides is 1. The van der Waals surface area contributed by atoms with Crippen LogP contribution in [0.25, 0.3) is 0 Å². The number of nitrogens with one attached hydrogen (secondary N) is 1. The van der Waals surface area contributed by atoms with Gasteiger partial charge >= 0.3 is 0 Å². The number of rotatable bonds is 6. The molecule has 28 heavy (non-hydrogen) atoms. The number of benzene rings is 1. The van der Waals surface area contributed by atoms with Gasteiger partial charge in [0.15, 0.2) is 17.3 Å². The van der Waals surface area contributed by atoms with Crippen LogP contribution < -0.4 is 14.8 Å². The molecule has 1 aliphatic rings. The molecule has 1 fully saturated rings. The predicted octanol–water partition coefficient (Wildman–Crippen LogP) is 2.27. The van der Waals surface area contributed by atoms with Crippen LogP contribution in [-0.2, 0) is 0 Å². The predicted molar refractivity (Wildman–Crippen MR) is 104 cm³/mol. The second-order valence-corrected chi connectivity index (χ2v) is 6.57. The summed E-state index contributed by atoms with van der Waals surface area (Å²) in [5.74, 6) is 1.13. The monoisotopic (exact) mass is 384 g/mol. The number of likely N-dealkylation sites (tertiary alicyclic amines) is 1. The summed E-state index contributed by atoms with van der Waals surface area (Å²) in [5, 5.41) is 2.82. The molecule has 1 aromatic carbocycles. The molecule has 0 unspecified atom stereocenters. The van der Waals surface area contributed by atoms with E-state index in [4.69, 9.17) is 9.47 Å². The summed E-state index contributed by atoms with van der Waals surface area (Å²) in [6.45, 7) is 0.988. The maximum absolute atomic E-state index is 13.0. The molecule has 2 heterocycles. The lowest BCUT2D eigenvalue weighted by Crippen LogP contribution is -2.42. The smallest absolute Gasteiger partial charge is 0.257 e. The molecular formula is C20H24N4O4. The van der Waals surface area contributed by atoms with Crippen molar-refractivity contribution in [1.82, 2.24) is 14.9 Å². The first-order chi connectivity index (χ1) is 13.6. The lowest BCUT2D eigenvalue weighted by Gasteiger charge is -2.32. The molecular weight excluding hydrogens is 360 g/mol. The van der Waals surface area contributed by atoms with Crippen molar-refractivity contribution in [1.29, 1.82) is 0 Å². The number of methoxy groups -OCH3 is 2. The van der Waals surface area contributed by atoms with Gasteiger partial charge in [0.05, 0.1) is 19.8 Å². The molecule has 0 bridgehead atoms. The van der Waals surface area contributed by atoms with E-state index >= 15 is 0 Å². The van der Waals surface area contributed by atoms with Gasteiger partial charge in [0.2, 0.25) is 5.95 Å². The van der Waals surface area contributed by atoms with Gasteiger partial charge in [0.25, 0.3) is 5.91 Å². The van der Waals surface area contributed by atoms with Crippen LogP contribution in [0.2, 0.25) is 0 Å². The molecule has 1 N–H and O–H groups in total. The number of carbonyl (C=O) groups excluding carboxylic acids is 2. The minimum atomic E-state index is -0.256. The van der Waals surface area contributed by atoms with E-state index in [0.717, 1.165) is 12.8 Å². The Balaban J connectivity index is 1.73. The number of ether oxygens (including phenoxy) is 2. The average molecular weight is 384 g/mol. The zero-order valence-corrected chi connectivity index (χ0v) is 16.3.